The van der Waals surface area contributed by atoms with Crippen LogP contribution in [0.25, 0.3) is 11.1 Å². The van der Waals surface area contributed by atoms with Crippen LogP contribution in [0.3, 0.4) is 0 Å². The summed E-state index contributed by atoms with van der Waals surface area (Å²) in [7, 11) is 0. The topological polar surface area (TPSA) is 9.23 Å². The summed E-state index contributed by atoms with van der Waals surface area (Å²) in [5, 5.41) is 0. The molecule has 0 unspecified atom stereocenters. The van der Waals surface area contributed by atoms with Crippen molar-refractivity contribution >= 4 is 0 Å². The van der Waals surface area contributed by atoms with E-state index in [0.717, 1.165) is 5.75 Å². The maximum Gasteiger partial charge on any atom is 0.119 e. The van der Waals surface area contributed by atoms with E-state index in [1.54, 1.807) is 0 Å². The van der Waals surface area contributed by atoms with Gasteiger partial charge < -0.3 is 4.74 Å². The van der Waals surface area contributed by atoms with E-state index in [9.17, 15) is 0 Å². The molecule has 1 heteroatoms. The quantitative estimate of drug-likeness (QED) is 0.748. The Hall–Kier alpha value is -1.76. The van der Waals surface area contributed by atoms with Crippen molar-refractivity contribution in [2.45, 2.75) is 38.7 Å². The van der Waals surface area contributed by atoms with Gasteiger partial charge in [0, 0.05) is 0 Å². The van der Waals surface area contributed by atoms with Gasteiger partial charge in [0.05, 0.1) is 6.10 Å². The number of hydrogen-bond donors (Lipinski definition) is 0. The van der Waals surface area contributed by atoms with Crippen molar-refractivity contribution in [1.82, 2.24) is 0 Å². The Morgan fingerprint density at radius 3 is 1.89 bits per heavy atom. The SMILES string of the molecule is Cc1ccc(-c2ccc(OC3CCCC3)cc2)cc1. The van der Waals surface area contributed by atoms with E-state index in [1.807, 2.05) is 0 Å². The van der Waals surface area contributed by atoms with Gasteiger partial charge in [0.25, 0.3) is 0 Å². The Morgan fingerprint density at radius 2 is 1.32 bits per heavy atom. The molecule has 1 fully saturated rings. The monoisotopic (exact) mass is 252 g/mol. The van der Waals surface area contributed by atoms with Crippen LogP contribution in [-0.2, 0) is 0 Å². The van der Waals surface area contributed by atoms with E-state index >= 15 is 0 Å². The Morgan fingerprint density at radius 1 is 0.789 bits per heavy atom. The number of hydrogen-bond acceptors (Lipinski definition) is 1. The predicted molar refractivity (Wildman–Crippen MR) is 79.5 cm³/mol. The highest BCUT2D eigenvalue weighted by atomic mass is 16.5. The van der Waals surface area contributed by atoms with Crippen molar-refractivity contribution in [1.29, 1.82) is 0 Å². The summed E-state index contributed by atoms with van der Waals surface area (Å²) in [6.07, 6.45) is 5.47. The van der Waals surface area contributed by atoms with E-state index in [0.29, 0.717) is 6.10 Å². The molecule has 0 saturated heterocycles. The first-order valence-corrected chi connectivity index (χ1v) is 7.15. The van der Waals surface area contributed by atoms with Gasteiger partial charge in [-0.2, -0.15) is 0 Å². The first-order valence-electron chi connectivity index (χ1n) is 7.15. The average Bonchev–Trinajstić information content (AvgIpc) is 2.94. The van der Waals surface area contributed by atoms with Crippen molar-refractivity contribution in [3.05, 3.63) is 54.1 Å². The molecule has 0 N–H and O–H groups in total. The smallest absolute Gasteiger partial charge is 0.119 e. The number of ether oxygens (including phenoxy) is 1. The summed E-state index contributed by atoms with van der Waals surface area (Å²) in [5.41, 5.74) is 3.81. The highest BCUT2D eigenvalue weighted by Gasteiger charge is 2.16. The van der Waals surface area contributed by atoms with Crippen LogP contribution in [0.5, 0.6) is 5.75 Å². The number of rotatable bonds is 3. The molecule has 0 heterocycles. The molecule has 1 aliphatic carbocycles. The lowest BCUT2D eigenvalue weighted by atomic mass is 10.0. The van der Waals surface area contributed by atoms with Crippen molar-refractivity contribution < 1.29 is 4.74 Å². The Kier molecular flexibility index (Phi) is 3.54. The zero-order chi connectivity index (χ0) is 13.1. The molecule has 19 heavy (non-hydrogen) atoms. The Bertz CT molecular complexity index is 519. The molecule has 0 aromatic heterocycles. The van der Waals surface area contributed by atoms with Crippen molar-refractivity contribution in [2.24, 2.45) is 0 Å². The molecule has 1 aliphatic rings. The first-order chi connectivity index (χ1) is 9.31. The van der Waals surface area contributed by atoms with Gasteiger partial charge in [-0.3, -0.25) is 0 Å². The van der Waals surface area contributed by atoms with Gasteiger partial charge in [-0.1, -0.05) is 42.0 Å². The van der Waals surface area contributed by atoms with Gasteiger partial charge in [0.2, 0.25) is 0 Å². The van der Waals surface area contributed by atoms with Crippen LogP contribution < -0.4 is 4.74 Å². The standard InChI is InChI=1S/C18H20O/c1-14-6-8-15(9-7-14)16-10-12-18(13-11-16)19-17-4-2-3-5-17/h6-13,17H,2-5H2,1H3. The fraction of sp³-hybridized carbons (Fsp3) is 0.333. The molecule has 1 saturated carbocycles. The highest BCUT2D eigenvalue weighted by molar-refractivity contribution is 5.64. The van der Waals surface area contributed by atoms with E-state index in [4.69, 9.17) is 4.74 Å². The first kappa shape index (κ1) is 12.3. The maximum atomic E-state index is 5.99. The molecule has 0 bridgehead atoms. The molecule has 0 radical (unpaired) electrons. The molecule has 2 aromatic rings. The van der Waals surface area contributed by atoms with Crippen LogP contribution in [0, 0.1) is 6.92 Å². The van der Waals surface area contributed by atoms with Crippen molar-refractivity contribution in [3.8, 4) is 16.9 Å². The molecule has 3 rings (SSSR count). The van der Waals surface area contributed by atoms with Crippen LogP contribution in [0.4, 0.5) is 0 Å². The minimum atomic E-state index is 0.435. The number of aryl methyl sites for hydroxylation is 1. The lowest BCUT2D eigenvalue weighted by Crippen LogP contribution is -2.10. The zero-order valence-corrected chi connectivity index (χ0v) is 11.4. The minimum Gasteiger partial charge on any atom is -0.490 e. The van der Waals surface area contributed by atoms with Crippen LogP contribution in [0.15, 0.2) is 48.5 Å². The second-order valence-corrected chi connectivity index (χ2v) is 5.41. The average molecular weight is 252 g/mol. The van der Waals surface area contributed by atoms with E-state index in [-0.39, 0.29) is 0 Å². The summed E-state index contributed by atoms with van der Waals surface area (Å²) >= 11 is 0. The largest absolute Gasteiger partial charge is 0.490 e. The molecule has 0 spiro atoms. The summed E-state index contributed by atoms with van der Waals surface area (Å²) < 4.78 is 5.99. The Balaban J connectivity index is 1.72. The molecule has 2 aromatic carbocycles. The highest BCUT2D eigenvalue weighted by Crippen LogP contribution is 2.26. The van der Waals surface area contributed by atoms with Crippen LogP contribution in [-0.4, -0.2) is 6.10 Å². The second kappa shape index (κ2) is 5.48. The van der Waals surface area contributed by atoms with E-state index in [2.05, 4.69) is 55.5 Å². The fourth-order valence-corrected chi connectivity index (χ4v) is 2.67. The normalized spacial score (nSPS) is 15.6. The van der Waals surface area contributed by atoms with E-state index < -0.39 is 0 Å². The van der Waals surface area contributed by atoms with Crippen LogP contribution in [0.1, 0.15) is 31.2 Å². The molecule has 1 nitrogen and oxygen atoms in total. The molecule has 98 valence electrons. The van der Waals surface area contributed by atoms with Crippen molar-refractivity contribution in [2.75, 3.05) is 0 Å². The fourth-order valence-electron chi connectivity index (χ4n) is 2.67. The third kappa shape index (κ3) is 2.98. The number of benzene rings is 2. The lowest BCUT2D eigenvalue weighted by Gasteiger charge is -2.13. The summed E-state index contributed by atoms with van der Waals surface area (Å²) in [6.45, 7) is 2.11. The lowest BCUT2D eigenvalue weighted by molar-refractivity contribution is 0.210. The van der Waals surface area contributed by atoms with Crippen LogP contribution in [0.2, 0.25) is 0 Å². The summed E-state index contributed by atoms with van der Waals surface area (Å²) in [5.74, 6) is 1.00. The molecular weight excluding hydrogens is 232 g/mol. The zero-order valence-electron chi connectivity index (χ0n) is 11.4. The van der Waals surface area contributed by atoms with Gasteiger partial charge in [-0.25, -0.2) is 0 Å². The van der Waals surface area contributed by atoms with Gasteiger partial charge in [0.1, 0.15) is 5.75 Å². The third-order valence-electron chi connectivity index (χ3n) is 3.84. The second-order valence-electron chi connectivity index (χ2n) is 5.41. The van der Waals surface area contributed by atoms with Gasteiger partial charge in [0.15, 0.2) is 0 Å². The third-order valence-corrected chi connectivity index (χ3v) is 3.84. The van der Waals surface area contributed by atoms with Gasteiger partial charge in [-0.15, -0.1) is 0 Å². The molecule has 0 amide bonds. The van der Waals surface area contributed by atoms with Gasteiger partial charge in [-0.05, 0) is 55.9 Å². The molecule has 0 aliphatic heterocycles. The predicted octanol–water partition coefficient (Wildman–Crippen LogP) is 4.98. The molecular formula is C18H20O. The maximum absolute atomic E-state index is 5.99. The Labute approximate surface area is 115 Å². The van der Waals surface area contributed by atoms with Crippen molar-refractivity contribution in [3.63, 3.8) is 0 Å². The van der Waals surface area contributed by atoms with Crippen LogP contribution >= 0.6 is 0 Å². The minimum absolute atomic E-state index is 0.435. The molecule has 0 atom stereocenters. The summed E-state index contributed by atoms with van der Waals surface area (Å²) in [6, 6.07) is 17.1. The van der Waals surface area contributed by atoms with E-state index in [1.165, 1.54) is 42.4 Å². The summed E-state index contributed by atoms with van der Waals surface area (Å²) in [4.78, 5) is 0. The van der Waals surface area contributed by atoms with Gasteiger partial charge >= 0.3 is 0 Å².